The number of ether oxygens (including phenoxy) is 2. The van der Waals surface area contributed by atoms with Gasteiger partial charge in [-0.25, -0.2) is 9.78 Å². The number of esters is 2. The molecule has 7 nitrogen and oxygen atoms in total. The molecule has 8 heteroatoms. The molecule has 0 bridgehead atoms. The second-order valence-electron chi connectivity index (χ2n) is 3.70. The van der Waals surface area contributed by atoms with Gasteiger partial charge in [0, 0.05) is 0 Å². The first-order valence-electron chi connectivity index (χ1n) is 6.19. The average molecular weight is 309 g/mol. The lowest BCUT2D eigenvalue weighted by molar-refractivity contribution is -0.139. The Morgan fingerprint density at radius 1 is 1.38 bits per heavy atom. The highest BCUT2D eigenvalue weighted by Crippen LogP contribution is 2.24. The summed E-state index contributed by atoms with van der Waals surface area (Å²) in [4.78, 5) is 27.0. The summed E-state index contributed by atoms with van der Waals surface area (Å²) in [6.07, 6.45) is 0. The number of rotatable bonds is 6. The van der Waals surface area contributed by atoms with Crippen molar-refractivity contribution in [1.82, 2.24) is 4.98 Å². The molecule has 1 aromatic heterocycles. The lowest BCUT2D eigenvalue weighted by Crippen LogP contribution is -2.11. The standard InChI is InChI=1S/C13H15N3O4S/c1-3-19-10(17)7-21-12-8(6-14)5-9(11(15)16-12)13(18)20-4-2/h5H,3-4,7H2,1-2H3,(H2,15,16). The average Bonchev–Trinajstić information content (AvgIpc) is 2.45. The van der Waals surface area contributed by atoms with Crippen LogP contribution in [0.5, 0.6) is 0 Å². The van der Waals surface area contributed by atoms with Crippen LogP contribution >= 0.6 is 11.8 Å². The molecule has 0 saturated heterocycles. The van der Waals surface area contributed by atoms with Crippen LogP contribution in [-0.2, 0) is 14.3 Å². The maximum atomic E-state index is 11.7. The van der Waals surface area contributed by atoms with Gasteiger partial charge in [0.15, 0.2) is 0 Å². The molecule has 0 unspecified atom stereocenters. The quantitative estimate of drug-likeness (QED) is 0.618. The highest BCUT2D eigenvalue weighted by Gasteiger charge is 2.17. The second kappa shape index (κ2) is 8.11. The highest BCUT2D eigenvalue weighted by molar-refractivity contribution is 7.99. The van der Waals surface area contributed by atoms with Gasteiger partial charge in [-0.2, -0.15) is 5.26 Å². The van der Waals surface area contributed by atoms with E-state index >= 15 is 0 Å². The van der Waals surface area contributed by atoms with Crippen molar-refractivity contribution in [2.45, 2.75) is 18.9 Å². The minimum atomic E-state index is -0.638. The number of aromatic nitrogens is 1. The SMILES string of the molecule is CCOC(=O)CSc1nc(N)c(C(=O)OCC)cc1C#N. The molecule has 1 heterocycles. The van der Waals surface area contributed by atoms with Crippen molar-refractivity contribution in [2.75, 3.05) is 24.7 Å². The van der Waals surface area contributed by atoms with E-state index in [-0.39, 0.29) is 40.9 Å². The van der Waals surface area contributed by atoms with E-state index in [9.17, 15) is 9.59 Å². The molecule has 2 N–H and O–H groups in total. The van der Waals surface area contributed by atoms with Crippen molar-refractivity contribution in [3.05, 3.63) is 17.2 Å². The van der Waals surface area contributed by atoms with E-state index in [4.69, 9.17) is 20.5 Å². The molecule has 0 radical (unpaired) electrons. The first-order chi connectivity index (χ1) is 10.0. The van der Waals surface area contributed by atoms with E-state index in [2.05, 4.69) is 4.98 Å². The van der Waals surface area contributed by atoms with Crippen LogP contribution in [0.1, 0.15) is 29.8 Å². The zero-order chi connectivity index (χ0) is 15.8. The summed E-state index contributed by atoms with van der Waals surface area (Å²) in [7, 11) is 0. The van der Waals surface area contributed by atoms with Crippen LogP contribution in [0.3, 0.4) is 0 Å². The summed E-state index contributed by atoms with van der Waals surface area (Å²) in [5, 5.41) is 9.38. The van der Waals surface area contributed by atoms with Gasteiger partial charge >= 0.3 is 11.9 Å². The van der Waals surface area contributed by atoms with E-state index in [1.807, 2.05) is 6.07 Å². The highest BCUT2D eigenvalue weighted by atomic mass is 32.2. The van der Waals surface area contributed by atoms with E-state index < -0.39 is 11.9 Å². The van der Waals surface area contributed by atoms with Crippen LogP contribution in [-0.4, -0.2) is 35.9 Å². The molecular formula is C13H15N3O4S. The van der Waals surface area contributed by atoms with E-state index in [1.165, 1.54) is 6.07 Å². The van der Waals surface area contributed by atoms with E-state index in [0.29, 0.717) is 0 Å². The van der Waals surface area contributed by atoms with Gasteiger partial charge in [0.2, 0.25) is 0 Å². The van der Waals surface area contributed by atoms with Crippen LogP contribution < -0.4 is 5.73 Å². The topological polar surface area (TPSA) is 115 Å². The molecule has 1 rings (SSSR count). The van der Waals surface area contributed by atoms with Gasteiger partial charge in [-0.1, -0.05) is 11.8 Å². The third kappa shape index (κ3) is 4.65. The number of nitrogens with two attached hydrogens (primary N) is 1. The number of anilines is 1. The van der Waals surface area contributed by atoms with Crippen LogP contribution in [0.25, 0.3) is 0 Å². The van der Waals surface area contributed by atoms with Crippen molar-refractivity contribution in [2.24, 2.45) is 0 Å². The zero-order valence-corrected chi connectivity index (χ0v) is 12.5. The lowest BCUT2D eigenvalue weighted by Gasteiger charge is -2.08. The molecule has 1 aromatic rings. The summed E-state index contributed by atoms with van der Waals surface area (Å²) >= 11 is 1.03. The summed E-state index contributed by atoms with van der Waals surface area (Å²) < 4.78 is 9.61. The summed E-state index contributed by atoms with van der Waals surface area (Å²) in [6, 6.07) is 3.23. The fourth-order valence-electron chi connectivity index (χ4n) is 1.40. The van der Waals surface area contributed by atoms with Crippen LogP contribution in [0, 0.1) is 11.3 Å². The van der Waals surface area contributed by atoms with Gasteiger partial charge < -0.3 is 15.2 Å². The number of hydrogen-bond donors (Lipinski definition) is 1. The van der Waals surface area contributed by atoms with Crippen LogP contribution in [0.2, 0.25) is 0 Å². The molecule has 0 aromatic carbocycles. The summed E-state index contributed by atoms with van der Waals surface area (Å²) in [5.74, 6) is -1.09. The van der Waals surface area contributed by atoms with E-state index in [0.717, 1.165) is 11.8 Å². The Morgan fingerprint density at radius 3 is 2.62 bits per heavy atom. The van der Waals surface area contributed by atoms with Gasteiger partial charge in [0.25, 0.3) is 0 Å². The predicted octanol–water partition coefficient (Wildman–Crippen LogP) is 1.37. The lowest BCUT2D eigenvalue weighted by atomic mass is 10.2. The van der Waals surface area contributed by atoms with Gasteiger partial charge in [0.05, 0.1) is 24.5 Å². The zero-order valence-electron chi connectivity index (χ0n) is 11.7. The van der Waals surface area contributed by atoms with Gasteiger partial charge in [-0.05, 0) is 19.9 Å². The van der Waals surface area contributed by atoms with Crippen molar-refractivity contribution >= 4 is 29.5 Å². The molecule has 0 aliphatic carbocycles. The molecule has 0 saturated carbocycles. The molecular weight excluding hydrogens is 294 g/mol. The van der Waals surface area contributed by atoms with Gasteiger partial charge in [0.1, 0.15) is 22.5 Å². The molecule has 0 spiro atoms. The Bertz CT molecular complexity index is 584. The maximum Gasteiger partial charge on any atom is 0.341 e. The Hall–Kier alpha value is -2.27. The molecule has 0 fully saturated rings. The van der Waals surface area contributed by atoms with Crippen LogP contribution in [0.15, 0.2) is 11.1 Å². The van der Waals surface area contributed by atoms with Crippen molar-refractivity contribution < 1.29 is 19.1 Å². The third-order valence-corrected chi connectivity index (χ3v) is 3.23. The molecule has 0 amide bonds. The number of nitrogen functional groups attached to an aromatic ring is 1. The van der Waals surface area contributed by atoms with Crippen molar-refractivity contribution in [3.63, 3.8) is 0 Å². The van der Waals surface area contributed by atoms with Gasteiger partial charge in [-0.3, -0.25) is 4.79 Å². The molecule has 0 atom stereocenters. The minimum absolute atomic E-state index is 0.00765. The maximum absolute atomic E-state index is 11.7. The first-order valence-corrected chi connectivity index (χ1v) is 7.18. The molecule has 0 aliphatic heterocycles. The number of hydrogen-bond acceptors (Lipinski definition) is 8. The Kier molecular flexibility index (Phi) is 6.49. The monoisotopic (exact) mass is 309 g/mol. The Morgan fingerprint density at radius 2 is 2.05 bits per heavy atom. The van der Waals surface area contributed by atoms with Crippen LogP contribution in [0.4, 0.5) is 5.82 Å². The summed E-state index contributed by atoms with van der Waals surface area (Å²) in [5.41, 5.74) is 5.88. The molecule has 0 aliphatic rings. The smallest absolute Gasteiger partial charge is 0.341 e. The number of pyridine rings is 1. The number of nitriles is 1. The predicted molar refractivity (Wildman–Crippen MR) is 76.7 cm³/mol. The third-order valence-electron chi connectivity index (χ3n) is 2.26. The Balaban J connectivity index is 2.97. The fraction of sp³-hybridized carbons (Fsp3) is 0.385. The van der Waals surface area contributed by atoms with Gasteiger partial charge in [-0.15, -0.1) is 0 Å². The fourth-order valence-corrected chi connectivity index (χ4v) is 2.16. The minimum Gasteiger partial charge on any atom is -0.465 e. The number of carbonyl (C=O) groups is 2. The number of carbonyl (C=O) groups excluding carboxylic acids is 2. The van der Waals surface area contributed by atoms with Crippen molar-refractivity contribution in [1.29, 1.82) is 5.26 Å². The van der Waals surface area contributed by atoms with Crippen molar-refractivity contribution in [3.8, 4) is 6.07 Å². The summed E-state index contributed by atoms with van der Waals surface area (Å²) in [6.45, 7) is 3.84. The number of nitrogens with zero attached hydrogens (tertiary/aromatic N) is 2. The molecule has 112 valence electrons. The first kappa shape index (κ1) is 16.8. The second-order valence-corrected chi connectivity index (χ2v) is 4.66. The normalized spacial score (nSPS) is 9.76. The number of thioether (sulfide) groups is 1. The largest absolute Gasteiger partial charge is 0.465 e. The Labute approximate surface area is 126 Å². The van der Waals surface area contributed by atoms with E-state index in [1.54, 1.807) is 13.8 Å². The molecule has 21 heavy (non-hydrogen) atoms.